The molecular formula is C7H9N3O3S. The van der Waals surface area contributed by atoms with Gasteiger partial charge < -0.3 is 10.6 Å². The monoisotopic (exact) mass is 215 g/mol. The van der Waals surface area contributed by atoms with Gasteiger partial charge in [0, 0.05) is 6.54 Å². The maximum absolute atomic E-state index is 11.5. The van der Waals surface area contributed by atoms with E-state index in [4.69, 9.17) is 0 Å². The van der Waals surface area contributed by atoms with Crippen LogP contribution in [0.25, 0.3) is 0 Å². The van der Waals surface area contributed by atoms with Gasteiger partial charge in [0.1, 0.15) is 4.86 Å². The first-order valence-corrected chi connectivity index (χ1v) is 5.25. The molecule has 2 rings (SSSR count). The first kappa shape index (κ1) is 9.35. The van der Waals surface area contributed by atoms with Crippen molar-refractivity contribution in [3.8, 4) is 0 Å². The molecule has 0 radical (unpaired) electrons. The van der Waals surface area contributed by atoms with Gasteiger partial charge in [-0.15, -0.1) is 0 Å². The average Bonchev–Trinajstić information content (AvgIpc) is 2.49. The first-order valence-electron chi connectivity index (χ1n) is 4.18. The van der Waals surface area contributed by atoms with Crippen molar-refractivity contribution in [3.63, 3.8) is 0 Å². The molecule has 1 spiro atoms. The Morgan fingerprint density at radius 2 is 2.29 bits per heavy atom. The maximum Gasteiger partial charge on any atom is 0.258 e. The van der Waals surface area contributed by atoms with E-state index in [9.17, 15) is 13.2 Å². The molecule has 7 heteroatoms. The molecule has 2 aliphatic rings. The fraction of sp³-hybridized carbons (Fsp3) is 0.571. The molecule has 6 nitrogen and oxygen atoms in total. The topological polar surface area (TPSA) is 87.6 Å². The lowest BCUT2D eigenvalue weighted by Crippen LogP contribution is -2.55. The summed E-state index contributed by atoms with van der Waals surface area (Å²) in [5.74, 6) is -0.349. The average molecular weight is 215 g/mol. The van der Waals surface area contributed by atoms with E-state index in [2.05, 4.69) is 15.6 Å². The van der Waals surface area contributed by atoms with Crippen LogP contribution in [0.5, 0.6) is 0 Å². The molecule has 0 bridgehead atoms. The summed E-state index contributed by atoms with van der Waals surface area (Å²) in [4.78, 5) is 15.6. The molecular weight excluding hydrogens is 206 g/mol. The smallest absolute Gasteiger partial charge is 0.258 e. The summed E-state index contributed by atoms with van der Waals surface area (Å²) in [6.07, 6.45) is 1.65. The van der Waals surface area contributed by atoms with Gasteiger partial charge in [-0.3, -0.25) is 9.79 Å². The van der Waals surface area contributed by atoms with Crippen LogP contribution in [0.4, 0.5) is 0 Å². The quantitative estimate of drug-likeness (QED) is 0.454. The molecule has 2 aliphatic heterocycles. The highest BCUT2D eigenvalue weighted by atomic mass is 32.2. The Hall–Kier alpha value is -1.21. The number of hydrogen-bond acceptors (Lipinski definition) is 5. The minimum atomic E-state index is -2.37. The van der Waals surface area contributed by atoms with Crippen LogP contribution in [0.1, 0.15) is 6.42 Å². The Balaban J connectivity index is 2.56. The van der Waals surface area contributed by atoms with E-state index in [-0.39, 0.29) is 17.3 Å². The van der Waals surface area contributed by atoms with Crippen LogP contribution >= 0.6 is 0 Å². The van der Waals surface area contributed by atoms with E-state index in [0.717, 1.165) is 0 Å². The largest absolute Gasteiger partial charge is 0.315 e. The zero-order chi connectivity index (χ0) is 10.2. The van der Waals surface area contributed by atoms with Crippen molar-refractivity contribution in [2.45, 2.75) is 12.0 Å². The van der Waals surface area contributed by atoms with Crippen LogP contribution in [0.2, 0.25) is 0 Å². The van der Waals surface area contributed by atoms with Crippen molar-refractivity contribution in [1.82, 2.24) is 10.6 Å². The van der Waals surface area contributed by atoms with Crippen molar-refractivity contribution in [1.29, 1.82) is 0 Å². The van der Waals surface area contributed by atoms with Crippen LogP contribution in [-0.2, 0) is 15.1 Å². The number of hydrogen-bond donors (Lipinski definition) is 2. The minimum absolute atomic E-state index is 0.120. The van der Waals surface area contributed by atoms with Crippen molar-refractivity contribution in [2.24, 2.45) is 4.99 Å². The summed E-state index contributed by atoms with van der Waals surface area (Å²) >= 11 is 0. The number of carbonyl (C=O) groups excluding carboxylic acids is 1. The van der Waals surface area contributed by atoms with E-state index in [1.165, 1.54) is 6.34 Å². The van der Waals surface area contributed by atoms with Gasteiger partial charge in [0.2, 0.25) is 10.3 Å². The number of nitrogens with zero attached hydrogens (tertiary/aromatic N) is 1. The van der Waals surface area contributed by atoms with Crippen molar-refractivity contribution in [2.75, 3.05) is 13.1 Å². The molecule has 76 valence electrons. The number of amides is 1. The van der Waals surface area contributed by atoms with Crippen molar-refractivity contribution in [3.05, 3.63) is 0 Å². The van der Waals surface area contributed by atoms with Gasteiger partial charge in [-0.25, -0.2) is 0 Å². The normalized spacial score (nSPS) is 30.9. The summed E-state index contributed by atoms with van der Waals surface area (Å²) in [5, 5.41) is 5.32. The molecule has 1 atom stereocenters. The molecule has 0 aromatic heterocycles. The summed E-state index contributed by atoms with van der Waals surface area (Å²) in [5.41, 5.74) is -1.17. The van der Waals surface area contributed by atoms with Crippen LogP contribution in [-0.4, -0.2) is 44.2 Å². The highest BCUT2D eigenvalue weighted by molar-refractivity contribution is 7.73. The van der Waals surface area contributed by atoms with E-state index in [1.807, 2.05) is 0 Å². The second-order valence-corrected chi connectivity index (χ2v) is 4.14. The third-order valence-electron chi connectivity index (χ3n) is 2.47. The van der Waals surface area contributed by atoms with E-state index in [0.29, 0.717) is 13.0 Å². The molecule has 1 fully saturated rings. The van der Waals surface area contributed by atoms with Gasteiger partial charge in [0.25, 0.3) is 5.91 Å². The number of piperidine rings is 1. The van der Waals surface area contributed by atoms with E-state index >= 15 is 0 Å². The second kappa shape index (κ2) is 3.18. The fourth-order valence-corrected chi connectivity index (χ4v) is 2.45. The van der Waals surface area contributed by atoms with Gasteiger partial charge >= 0.3 is 0 Å². The number of nitrogens with one attached hydrogen (secondary N) is 2. The SMILES string of the molecule is O=C1NC=NC12CCNCC2=S(=O)=O. The lowest BCUT2D eigenvalue weighted by Gasteiger charge is -2.28. The Morgan fingerprint density at radius 1 is 1.50 bits per heavy atom. The molecule has 1 unspecified atom stereocenters. The summed E-state index contributed by atoms with van der Waals surface area (Å²) in [6, 6.07) is 0. The zero-order valence-corrected chi connectivity index (χ0v) is 8.10. The highest BCUT2D eigenvalue weighted by Crippen LogP contribution is 2.23. The summed E-state index contributed by atoms with van der Waals surface area (Å²) in [6.45, 7) is 0.784. The first-order chi connectivity index (χ1) is 6.67. The lowest BCUT2D eigenvalue weighted by molar-refractivity contribution is -0.121. The highest BCUT2D eigenvalue weighted by Gasteiger charge is 2.47. The molecule has 0 aromatic carbocycles. The van der Waals surface area contributed by atoms with Gasteiger partial charge in [-0.05, 0) is 13.0 Å². The van der Waals surface area contributed by atoms with Gasteiger partial charge in [0.05, 0.1) is 6.34 Å². The van der Waals surface area contributed by atoms with Crippen LogP contribution in [0.3, 0.4) is 0 Å². The molecule has 2 N–H and O–H groups in total. The molecule has 1 saturated heterocycles. The molecule has 2 heterocycles. The van der Waals surface area contributed by atoms with Crippen molar-refractivity contribution < 1.29 is 13.2 Å². The Morgan fingerprint density at radius 3 is 2.86 bits per heavy atom. The van der Waals surface area contributed by atoms with Crippen molar-refractivity contribution >= 4 is 27.4 Å². The van der Waals surface area contributed by atoms with Crippen LogP contribution < -0.4 is 10.6 Å². The molecule has 1 amide bonds. The van der Waals surface area contributed by atoms with E-state index < -0.39 is 15.8 Å². The van der Waals surface area contributed by atoms with Gasteiger partial charge in [-0.1, -0.05) is 0 Å². The van der Waals surface area contributed by atoms with Crippen LogP contribution in [0, 0.1) is 0 Å². The molecule has 14 heavy (non-hydrogen) atoms. The summed E-state index contributed by atoms with van der Waals surface area (Å²) in [7, 11) is -2.37. The maximum atomic E-state index is 11.5. The number of aliphatic imine (C=N–C) groups is 1. The second-order valence-electron chi connectivity index (χ2n) is 3.18. The van der Waals surface area contributed by atoms with E-state index in [1.54, 1.807) is 0 Å². The standard InChI is InChI=1S/C7H9N3O3S/c11-6-7(10-4-9-6)1-2-8-3-5(7)14(12)13/h4,8H,1-3H2,(H,9,10,11). The Labute approximate surface area is 81.9 Å². The Kier molecular flexibility index (Phi) is 2.12. The lowest BCUT2D eigenvalue weighted by atomic mass is 9.89. The predicted molar refractivity (Wildman–Crippen MR) is 50.8 cm³/mol. The minimum Gasteiger partial charge on any atom is -0.315 e. The fourth-order valence-electron chi connectivity index (χ4n) is 1.71. The molecule has 0 saturated carbocycles. The predicted octanol–water partition coefficient (Wildman–Crippen LogP) is -2.07. The molecule has 0 aromatic rings. The summed E-state index contributed by atoms with van der Waals surface area (Å²) < 4.78 is 21.9. The van der Waals surface area contributed by atoms with Gasteiger partial charge in [0.15, 0.2) is 5.54 Å². The third kappa shape index (κ3) is 1.17. The number of carbonyl (C=O) groups is 1. The zero-order valence-electron chi connectivity index (χ0n) is 7.28. The Bertz CT molecular complexity index is 431. The van der Waals surface area contributed by atoms with Crippen LogP contribution in [0.15, 0.2) is 4.99 Å². The number of rotatable bonds is 0. The molecule has 0 aliphatic carbocycles. The van der Waals surface area contributed by atoms with Gasteiger partial charge in [-0.2, -0.15) is 8.42 Å². The third-order valence-corrected chi connectivity index (χ3v) is 3.35.